The van der Waals surface area contributed by atoms with Crippen molar-refractivity contribution in [2.75, 3.05) is 46.4 Å². The SMILES string of the molecule is CN(CCCCN1CCOCC1)C(=O)c1cccc(-c2ccc(O)cn2)c1. The summed E-state index contributed by atoms with van der Waals surface area (Å²) in [5.41, 5.74) is 2.25. The van der Waals surface area contributed by atoms with Gasteiger partial charge in [-0.15, -0.1) is 0 Å². The number of unbranched alkanes of at least 4 members (excludes halogenated alkanes) is 1. The Hall–Kier alpha value is -2.44. The molecule has 1 aliphatic heterocycles. The number of carbonyl (C=O) groups is 1. The summed E-state index contributed by atoms with van der Waals surface area (Å²) in [5, 5.41) is 9.37. The Morgan fingerprint density at radius 3 is 2.78 bits per heavy atom. The first-order chi connectivity index (χ1) is 13.1. The van der Waals surface area contributed by atoms with E-state index in [1.807, 2.05) is 31.3 Å². The van der Waals surface area contributed by atoms with Crippen molar-refractivity contribution >= 4 is 5.91 Å². The number of carbonyl (C=O) groups excluding carboxylic acids is 1. The first-order valence-corrected chi connectivity index (χ1v) is 9.44. The molecule has 0 bridgehead atoms. The smallest absolute Gasteiger partial charge is 0.253 e. The summed E-state index contributed by atoms with van der Waals surface area (Å²) in [5.74, 6) is 0.143. The highest BCUT2D eigenvalue weighted by molar-refractivity contribution is 5.95. The lowest BCUT2D eigenvalue weighted by Gasteiger charge is -2.26. The fraction of sp³-hybridized carbons (Fsp3) is 0.429. The van der Waals surface area contributed by atoms with Gasteiger partial charge in [0.1, 0.15) is 5.75 Å². The molecule has 1 saturated heterocycles. The number of amides is 1. The maximum Gasteiger partial charge on any atom is 0.253 e. The summed E-state index contributed by atoms with van der Waals surface area (Å²) in [6.07, 6.45) is 3.47. The molecule has 0 saturated carbocycles. The normalized spacial score (nSPS) is 14.9. The van der Waals surface area contributed by atoms with Gasteiger partial charge in [0.25, 0.3) is 5.91 Å². The molecule has 2 heterocycles. The highest BCUT2D eigenvalue weighted by Gasteiger charge is 2.14. The Morgan fingerprint density at radius 1 is 1.22 bits per heavy atom. The molecule has 6 heteroatoms. The van der Waals surface area contributed by atoms with E-state index < -0.39 is 0 Å². The van der Waals surface area contributed by atoms with Gasteiger partial charge in [0.2, 0.25) is 0 Å². The molecule has 144 valence electrons. The number of aromatic nitrogens is 1. The van der Waals surface area contributed by atoms with Crippen molar-refractivity contribution in [3.8, 4) is 17.0 Å². The number of pyridine rings is 1. The van der Waals surface area contributed by atoms with Crippen molar-refractivity contribution in [1.82, 2.24) is 14.8 Å². The van der Waals surface area contributed by atoms with Crippen LogP contribution in [0.3, 0.4) is 0 Å². The molecule has 1 aromatic carbocycles. The van der Waals surface area contributed by atoms with Crippen LogP contribution in [0.15, 0.2) is 42.6 Å². The molecule has 1 amide bonds. The predicted molar refractivity (Wildman–Crippen MR) is 105 cm³/mol. The second kappa shape index (κ2) is 9.48. The number of rotatable bonds is 7. The van der Waals surface area contributed by atoms with Crippen LogP contribution >= 0.6 is 0 Å². The van der Waals surface area contributed by atoms with Crippen molar-refractivity contribution in [3.63, 3.8) is 0 Å². The van der Waals surface area contributed by atoms with Crippen LogP contribution in [0.2, 0.25) is 0 Å². The zero-order chi connectivity index (χ0) is 19.1. The molecule has 2 aromatic rings. The van der Waals surface area contributed by atoms with Gasteiger partial charge in [-0.25, -0.2) is 0 Å². The number of hydrogen-bond acceptors (Lipinski definition) is 5. The van der Waals surface area contributed by atoms with E-state index in [9.17, 15) is 9.90 Å². The van der Waals surface area contributed by atoms with Crippen molar-refractivity contribution in [2.45, 2.75) is 12.8 Å². The number of aromatic hydroxyl groups is 1. The molecular formula is C21H27N3O3. The summed E-state index contributed by atoms with van der Waals surface area (Å²) in [6.45, 7) is 5.47. The van der Waals surface area contributed by atoms with Crippen LogP contribution in [0.25, 0.3) is 11.3 Å². The molecule has 3 rings (SSSR count). The minimum atomic E-state index is 0.0157. The summed E-state index contributed by atoms with van der Waals surface area (Å²) in [6, 6.07) is 10.8. The van der Waals surface area contributed by atoms with E-state index in [1.165, 1.54) is 6.20 Å². The van der Waals surface area contributed by atoms with E-state index >= 15 is 0 Å². The van der Waals surface area contributed by atoms with Crippen LogP contribution in [0.5, 0.6) is 5.75 Å². The maximum absolute atomic E-state index is 12.7. The lowest BCUT2D eigenvalue weighted by atomic mass is 10.1. The Kier molecular flexibility index (Phi) is 6.79. The predicted octanol–water partition coefficient (Wildman–Crippen LogP) is 2.64. The molecule has 27 heavy (non-hydrogen) atoms. The van der Waals surface area contributed by atoms with Gasteiger partial charge in [0.05, 0.1) is 25.1 Å². The van der Waals surface area contributed by atoms with E-state index in [0.717, 1.165) is 63.5 Å². The number of hydrogen-bond donors (Lipinski definition) is 1. The summed E-state index contributed by atoms with van der Waals surface area (Å²) >= 11 is 0. The van der Waals surface area contributed by atoms with E-state index in [0.29, 0.717) is 5.56 Å². The van der Waals surface area contributed by atoms with Gasteiger partial charge in [-0.05, 0) is 43.7 Å². The summed E-state index contributed by atoms with van der Waals surface area (Å²) < 4.78 is 5.36. The molecule has 0 spiro atoms. The molecule has 1 aromatic heterocycles. The van der Waals surface area contributed by atoms with Crippen molar-refractivity contribution in [3.05, 3.63) is 48.2 Å². The maximum atomic E-state index is 12.7. The third kappa shape index (κ3) is 5.52. The highest BCUT2D eigenvalue weighted by atomic mass is 16.5. The van der Waals surface area contributed by atoms with Gasteiger partial charge in [-0.1, -0.05) is 12.1 Å². The van der Waals surface area contributed by atoms with Gasteiger partial charge in [0.15, 0.2) is 0 Å². The second-order valence-electron chi connectivity index (χ2n) is 6.87. The average Bonchev–Trinajstić information content (AvgIpc) is 2.72. The Bertz CT molecular complexity index is 743. The van der Waals surface area contributed by atoms with Gasteiger partial charge in [-0.3, -0.25) is 14.7 Å². The molecule has 1 aliphatic rings. The second-order valence-corrected chi connectivity index (χ2v) is 6.87. The molecule has 1 N–H and O–H groups in total. The highest BCUT2D eigenvalue weighted by Crippen LogP contribution is 2.20. The minimum Gasteiger partial charge on any atom is -0.506 e. The van der Waals surface area contributed by atoms with Crippen molar-refractivity contribution in [2.24, 2.45) is 0 Å². The van der Waals surface area contributed by atoms with Crippen LogP contribution in [0.4, 0.5) is 0 Å². The van der Waals surface area contributed by atoms with Crippen LogP contribution in [0, 0.1) is 0 Å². The monoisotopic (exact) mass is 369 g/mol. The zero-order valence-corrected chi connectivity index (χ0v) is 15.8. The van der Waals surface area contributed by atoms with Gasteiger partial charge < -0.3 is 14.7 Å². The molecule has 6 nitrogen and oxygen atoms in total. The lowest BCUT2D eigenvalue weighted by Crippen LogP contribution is -2.37. The molecule has 0 unspecified atom stereocenters. The number of ether oxygens (including phenoxy) is 1. The van der Waals surface area contributed by atoms with Gasteiger partial charge in [-0.2, -0.15) is 0 Å². The zero-order valence-electron chi connectivity index (χ0n) is 15.8. The van der Waals surface area contributed by atoms with Crippen LogP contribution in [-0.4, -0.2) is 72.2 Å². The van der Waals surface area contributed by atoms with Crippen molar-refractivity contribution in [1.29, 1.82) is 0 Å². The fourth-order valence-corrected chi connectivity index (χ4v) is 3.20. The molecule has 0 aliphatic carbocycles. The number of morpholine rings is 1. The first-order valence-electron chi connectivity index (χ1n) is 9.44. The van der Waals surface area contributed by atoms with Crippen LogP contribution in [-0.2, 0) is 4.74 Å². The van der Waals surface area contributed by atoms with Gasteiger partial charge in [0, 0.05) is 37.8 Å². The Balaban J connectivity index is 1.52. The van der Waals surface area contributed by atoms with E-state index in [-0.39, 0.29) is 11.7 Å². The largest absolute Gasteiger partial charge is 0.506 e. The average molecular weight is 369 g/mol. The standard InChI is InChI=1S/C21H27N3O3/c1-23(9-2-3-10-24-11-13-27-14-12-24)21(26)18-6-4-5-17(15-18)20-8-7-19(25)16-22-20/h4-8,15-16,25H,2-3,9-14H2,1H3. The summed E-state index contributed by atoms with van der Waals surface area (Å²) in [7, 11) is 1.85. The van der Waals surface area contributed by atoms with Crippen LogP contribution < -0.4 is 0 Å². The first kappa shape index (κ1) is 19.3. The van der Waals surface area contributed by atoms with Gasteiger partial charge >= 0.3 is 0 Å². The fourth-order valence-electron chi connectivity index (χ4n) is 3.20. The number of nitrogens with zero attached hydrogens (tertiary/aromatic N) is 3. The quantitative estimate of drug-likeness (QED) is 0.760. The molecular weight excluding hydrogens is 342 g/mol. The minimum absolute atomic E-state index is 0.0157. The Morgan fingerprint density at radius 2 is 2.04 bits per heavy atom. The molecule has 0 atom stereocenters. The lowest BCUT2D eigenvalue weighted by molar-refractivity contribution is 0.0369. The topological polar surface area (TPSA) is 65.9 Å². The van der Waals surface area contributed by atoms with E-state index in [2.05, 4.69) is 9.88 Å². The third-order valence-corrected chi connectivity index (χ3v) is 4.82. The molecule has 0 radical (unpaired) electrons. The van der Waals surface area contributed by atoms with Crippen molar-refractivity contribution < 1.29 is 14.6 Å². The summed E-state index contributed by atoms with van der Waals surface area (Å²) in [4.78, 5) is 21.1. The van der Waals surface area contributed by atoms with E-state index in [1.54, 1.807) is 17.0 Å². The molecule has 1 fully saturated rings. The number of benzene rings is 1. The van der Waals surface area contributed by atoms with Crippen LogP contribution in [0.1, 0.15) is 23.2 Å². The third-order valence-electron chi connectivity index (χ3n) is 4.82. The Labute approximate surface area is 160 Å². The van der Waals surface area contributed by atoms with E-state index in [4.69, 9.17) is 4.74 Å².